The number of halogens is 4. The molecular weight excluding hydrogens is 559 g/mol. The minimum Gasteiger partial charge on any atom is -0.454 e. The van der Waals surface area contributed by atoms with Gasteiger partial charge in [-0.2, -0.15) is 28.1 Å². The van der Waals surface area contributed by atoms with E-state index in [1.165, 1.54) is 26.2 Å². The molecule has 0 saturated heterocycles. The molecule has 39 heavy (non-hydrogen) atoms. The van der Waals surface area contributed by atoms with Crippen LogP contribution < -0.4 is 10.1 Å². The maximum atomic E-state index is 12.8. The third kappa shape index (κ3) is 7.64. The van der Waals surface area contributed by atoms with E-state index < -0.39 is 45.9 Å². The Bertz CT molecular complexity index is 1450. The topological polar surface area (TPSA) is 114 Å². The first kappa shape index (κ1) is 28.7. The highest BCUT2D eigenvalue weighted by Gasteiger charge is 2.45. The summed E-state index contributed by atoms with van der Waals surface area (Å²) in [7, 11) is -1.02. The number of nitrogens with zero attached hydrogens (tertiary/aromatic N) is 4. The van der Waals surface area contributed by atoms with E-state index in [1.807, 2.05) is 12.1 Å². The highest BCUT2D eigenvalue weighted by molar-refractivity contribution is 7.89. The van der Waals surface area contributed by atoms with Crippen LogP contribution in [0.1, 0.15) is 40.2 Å². The molecule has 0 unspecified atom stereocenters. The predicted octanol–water partition coefficient (Wildman–Crippen LogP) is 4.23. The van der Waals surface area contributed by atoms with Crippen LogP contribution in [-0.4, -0.2) is 66.1 Å². The van der Waals surface area contributed by atoms with E-state index in [1.54, 1.807) is 24.3 Å². The standard InChI is InChI=1S/C25H25ClF3N5O4S/c1-34(2)39(36,37)14-20(35)17-5-3-16(4-6-17)13-21-30-22(32-23(31-21)38-15-25(27,28)29)33-24(11-12-24)18-7-9-19(26)10-8-18/h3-10H,11-15H2,1-2H3,(H,30,31,32,33). The maximum absolute atomic E-state index is 12.8. The average molecular weight is 584 g/mol. The fourth-order valence-corrected chi connectivity index (χ4v) is 4.59. The number of Topliss-reactive ketones (excluding diaryl/α,β-unsaturated/α-hetero) is 1. The molecule has 1 saturated carbocycles. The van der Waals surface area contributed by atoms with Crippen molar-refractivity contribution in [2.45, 2.75) is 31.0 Å². The van der Waals surface area contributed by atoms with Gasteiger partial charge in [-0.15, -0.1) is 0 Å². The Balaban J connectivity index is 1.55. The Morgan fingerprint density at radius 3 is 2.26 bits per heavy atom. The van der Waals surface area contributed by atoms with E-state index >= 15 is 0 Å². The summed E-state index contributed by atoms with van der Waals surface area (Å²) in [6, 6.07) is 12.9. The molecule has 2 aromatic carbocycles. The molecule has 1 N–H and O–H groups in total. The Hall–Kier alpha value is -3.29. The summed E-state index contributed by atoms with van der Waals surface area (Å²) >= 11 is 5.99. The highest BCUT2D eigenvalue weighted by atomic mass is 35.5. The Morgan fingerprint density at radius 1 is 1.05 bits per heavy atom. The maximum Gasteiger partial charge on any atom is 0.422 e. The lowest BCUT2D eigenvalue weighted by molar-refractivity contribution is -0.154. The summed E-state index contributed by atoms with van der Waals surface area (Å²) < 4.78 is 68.1. The van der Waals surface area contributed by atoms with Gasteiger partial charge in [0.25, 0.3) is 0 Å². The molecule has 1 heterocycles. The smallest absolute Gasteiger partial charge is 0.422 e. The second-order valence-electron chi connectivity index (χ2n) is 9.31. The van der Waals surface area contributed by atoms with Crippen LogP contribution in [0.2, 0.25) is 5.02 Å². The summed E-state index contributed by atoms with van der Waals surface area (Å²) in [5.41, 5.74) is 1.29. The van der Waals surface area contributed by atoms with Crippen LogP contribution in [0, 0.1) is 0 Å². The monoisotopic (exact) mass is 583 g/mol. The molecule has 1 aliphatic carbocycles. The molecule has 14 heteroatoms. The van der Waals surface area contributed by atoms with Crippen LogP contribution in [0.3, 0.4) is 0 Å². The molecule has 9 nitrogen and oxygen atoms in total. The first-order valence-corrected chi connectivity index (χ1v) is 13.7. The molecule has 0 aliphatic heterocycles. The lowest BCUT2D eigenvalue weighted by Crippen LogP contribution is -2.29. The van der Waals surface area contributed by atoms with Crippen LogP contribution in [0.5, 0.6) is 6.01 Å². The van der Waals surface area contributed by atoms with Gasteiger partial charge in [0, 0.05) is 31.1 Å². The molecule has 1 fully saturated rings. The van der Waals surface area contributed by atoms with Crippen LogP contribution >= 0.6 is 11.6 Å². The number of rotatable bonds is 11. The minimum atomic E-state index is -4.58. The molecular formula is C25H25ClF3N5O4S. The van der Waals surface area contributed by atoms with Crippen LogP contribution in [-0.2, 0) is 22.0 Å². The van der Waals surface area contributed by atoms with Crippen molar-refractivity contribution < 1.29 is 31.1 Å². The van der Waals surface area contributed by atoms with Gasteiger partial charge in [-0.05, 0) is 36.1 Å². The summed E-state index contributed by atoms with van der Waals surface area (Å²) in [5.74, 6) is -1.03. The molecule has 0 atom stereocenters. The van der Waals surface area contributed by atoms with Crippen molar-refractivity contribution in [3.63, 3.8) is 0 Å². The summed E-state index contributed by atoms with van der Waals surface area (Å²) in [6.07, 6.45) is -2.97. The summed E-state index contributed by atoms with van der Waals surface area (Å²) in [4.78, 5) is 24.9. The number of sulfonamides is 1. The van der Waals surface area contributed by atoms with E-state index in [0.717, 1.165) is 22.7 Å². The molecule has 0 bridgehead atoms. The van der Waals surface area contributed by atoms with Gasteiger partial charge < -0.3 is 10.1 Å². The van der Waals surface area contributed by atoms with Crippen LogP contribution in [0.4, 0.5) is 19.1 Å². The van der Waals surface area contributed by atoms with Gasteiger partial charge in [-0.1, -0.05) is 48.0 Å². The van der Waals surface area contributed by atoms with Gasteiger partial charge in [0.15, 0.2) is 12.4 Å². The number of ether oxygens (including phenoxy) is 1. The molecule has 1 aromatic heterocycles. The number of ketones is 1. The number of carbonyl (C=O) groups is 1. The van der Waals surface area contributed by atoms with Gasteiger partial charge in [0.2, 0.25) is 16.0 Å². The van der Waals surface area contributed by atoms with Crippen molar-refractivity contribution >= 4 is 33.4 Å². The number of anilines is 1. The Labute approximate surface area is 228 Å². The van der Waals surface area contributed by atoms with Crippen molar-refractivity contribution in [2.75, 3.05) is 31.8 Å². The summed E-state index contributed by atoms with van der Waals surface area (Å²) in [6.45, 7) is -1.56. The van der Waals surface area contributed by atoms with Crippen LogP contribution in [0.25, 0.3) is 0 Å². The molecule has 0 radical (unpaired) electrons. The Morgan fingerprint density at radius 2 is 1.69 bits per heavy atom. The van der Waals surface area contributed by atoms with E-state index in [2.05, 4.69) is 20.3 Å². The molecule has 1 aliphatic rings. The van der Waals surface area contributed by atoms with Crippen LogP contribution in [0.15, 0.2) is 48.5 Å². The molecule has 0 spiro atoms. The SMILES string of the molecule is CN(C)S(=O)(=O)CC(=O)c1ccc(Cc2nc(NC3(c4ccc(Cl)cc4)CC3)nc(OCC(F)(F)F)n2)cc1. The number of nitrogens with one attached hydrogen (secondary N) is 1. The number of aromatic nitrogens is 3. The molecule has 3 aromatic rings. The van der Waals surface area contributed by atoms with Crippen molar-refractivity contribution in [2.24, 2.45) is 0 Å². The van der Waals surface area contributed by atoms with E-state index in [9.17, 15) is 26.4 Å². The van der Waals surface area contributed by atoms with Gasteiger partial charge in [0.05, 0.1) is 5.54 Å². The molecule has 208 valence electrons. The lowest BCUT2D eigenvalue weighted by Gasteiger charge is -2.19. The minimum absolute atomic E-state index is 0.0605. The van der Waals surface area contributed by atoms with Gasteiger partial charge in [-0.3, -0.25) is 4.79 Å². The zero-order valence-corrected chi connectivity index (χ0v) is 22.6. The van der Waals surface area contributed by atoms with Crippen molar-refractivity contribution in [3.05, 3.63) is 76.1 Å². The number of carbonyl (C=O) groups excluding carboxylic acids is 1. The van der Waals surface area contributed by atoms with Gasteiger partial charge in [0.1, 0.15) is 11.6 Å². The summed E-state index contributed by atoms with van der Waals surface area (Å²) in [5, 5.41) is 3.79. The predicted molar refractivity (Wildman–Crippen MR) is 138 cm³/mol. The van der Waals surface area contributed by atoms with Gasteiger partial charge in [-0.25, -0.2) is 12.7 Å². The van der Waals surface area contributed by atoms with Gasteiger partial charge >= 0.3 is 12.2 Å². The van der Waals surface area contributed by atoms with Crippen molar-refractivity contribution in [1.29, 1.82) is 0 Å². The first-order valence-electron chi connectivity index (χ1n) is 11.8. The quantitative estimate of drug-likeness (QED) is 0.334. The third-order valence-electron chi connectivity index (χ3n) is 6.03. The largest absolute Gasteiger partial charge is 0.454 e. The fraction of sp³-hybridized carbons (Fsp3) is 0.360. The van der Waals surface area contributed by atoms with E-state index in [0.29, 0.717) is 10.6 Å². The fourth-order valence-electron chi connectivity index (χ4n) is 3.71. The first-order chi connectivity index (χ1) is 18.2. The number of hydrogen-bond acceptors (Lipinski definition) is 8. The molecule has 4 rings (SSSR count). The zero-order valence-electron chi connectivity index (χ0n) is 21.0. The van der Waals surface area contributed by atoms with E-state index in [4.69, 9.17) is 16.3 Å². The van der Waals surface area contributed by atoms with Crippen molar-refractivity contribution in [1.82, 2.24) is 19.3 Å². The normalized spacial score (nSPS) is 14.7. The van der Waals surface area contributed by atoms with Crippen molar-refractivity contribution in [3.8, 4) is 6.01 Å². The number of benzene rings is 2. The Kier molecular flexibility index (Phi) is 8.14. The zero-order chi connectivity index (χ0) is 28.4. The second kappa shape index (κ2) is 11.1. The highest BCUT2D eigenvalue weighted by Crippen LogP contribution is 2.48. The number of alkyl halides is 3. The average Bonchev–Trinajstić information content (AvgIpc) is 3.63. The molecule has 0 amide bonds. The number of hydrogen-bond donors (Lipinski definition) is 1. The van der Waals surface area contributed by atoms with E-state index in [-0.39, 0.29) is 23.8 Å². The lowest BCUT2D eigenvalue weighted by atomic mass is 10.1. The second-order valence-corrected chi connectivity index (χ2v) is 11.9. The third-order valence-corrected chi connectivity index (χ3v) is 8.02.